The van der Waals surface area contributed by atoms with Gasteiger partial charge in [-0.15, -0.1) is 0 Å². The van der Waals surface area contributed by atoms with Crippen LogP contribution in [0.15, 0.2) is 0 Å². The third-order valence-corrected chi connectivity index (χ3v) is 2.14. The Labute approximate surface area is 90.0 Å². The molecule has 4 N–H and O–H groups in total. The fourth-order valence-corrected chi connectivity index (χ4v) is 1.25. The van der Waals surface area contributed by atoms with Crippen LogP contribution >= 0.6 is 0 Å². The molecular formula is C10H20N2O3. The predicted octanol–water partition coefficient (Wildman–Crippen LogP) is 0.342. The summed E-state index contributed by atoms with van der Waals surface area (Å²) in [4.78, 5) is 21.9. The molecule has 5 nitrogen and oxygen atoms in total. The third-order valence-electron chi connectivity index (χ3n) is 2.14. The molecule has 0 saturated carbocycles. The van der Waals surface area contributed by atoms with Crippen molar-refractivity contribution in [3.8, 4) is 0 Å². The summed E-state index contributed by atoms with van der Waals surface area (Å²) in [5, 5.41) is 11.4. The number of rotatable bonds is 8. The molecule has 0 radical (unpaired) electrons. The number of carboxylic acids is 1. The Bertz CT molecular complexity index is 207. The van der Waals surface area contributed by atoms with Gasteiger partial charge in [-0.1, -0.05) is 13.3 Å². The average molecular weight is 216 g/mol. The Morgan fingerprint density at radius 3 is 2.60 bits per heavy atom. The van der Waals surface area contributed by atoms with Crippen molar-refractivity contribution in [2.75, 3.05) is 13.1 Å². The van der Waals surface area contributed by atoms with Crippen molar-refractivity contribution >= 4 is 11.9 Å². The molecule has 15 heavy (non-hydrogen) atoms. The second kappa shape index (κ2) is 8.23. The zero-order valence-corrected chi connectivity index (χ0v) is 9.16. The number of carboxylic acid groups (broad SMARTS) is 1. The van der Waals surface area contributed by atoms with E-state index < -0.39 is 11.9 Å². The first-order valence-corrected chi connectivity index (χ1v) is 5.31. The van der Waals surface area contributed by atoms with E-state index in [-0.39, 0.29) is 12.5 Å². The van der Waals surface area contributed by atoms with Crippen molar-refractivity contribution in [1.82, 2.24) is 5.32 Å². The van der Waals surface area contributed by atoms with Crippen molar-refractivity contribution in [3.63, 3.8) is 0 Å². The molecule has 0 rings (SSSR count). The summed E-state index contributed by atoms with van der Waals surface area (Å²) in [6.45, 7) is 2.61. The van der Waals surface area contributed by atoms with Crippen LogP contribution in [0.5, 0.6) is 0 Å². The lowest BCUT2D eigenvalue weighted by Gasteiger charge is -2.11. The number of nitrogens with one attached hydrogen (secondary N) is 1. The second-order valence-electron chi connectivity index (χ2n) is 3.52. The first kappa shape index (κ1) is 13.9. The maximum atomic E-state index is 11.2. The fourth-order valence-electron chi connectivity index (χ4n) is 1.25. The Morgan fingerprint density at radius 1 is 1.47 bits per heavy atom. The fraction of sp³-hybridized carbons (Fsp3) is 0.800. The zero-order valence-electron chi connectivity index (χ0n) is 9.16. The van der Waals surface area contributed by atoms with Crippen molar-refractivity contribution < 1.29 is 14.7 Å². The first-order valence-electron chi connectivity index (χ1n) is 5.31. The summed E-state index contributed by atoms with van der Waals surface area (Å²) >= 11 is 0. The topological polar surface area (TPSA) is 92.4 Å². The maximum absolute atomic E-state index is 11.2. The monoisotopic (exact) mass is 216 g/mol. The lowest BCUT2D eigenvalue weighted by atomic mass is 10.0. The van der Waals surface area contributed by atoms with Gasteiger partial charge in [0, 0.05) is 13.0 Å². The number of carbonyl (C=O) groups is 2. The maximum Gasteiger partial charge on any atom is 0.308 e. The summed E-state index contributed by atoms with van der Waals surface area (Å²) < 4.78 is 0. The van der Waals surface area contributed by atoms with E-state index in [1.54, 1.807) is 0 Å². The Hall–Kier alpha value is -1.10. The van der Waals surface area contributed by atoms with Crippen LogP contribution in [0.3, 0.4) is 0 Å². The van der Waals surface area contributed by atoms with Crippen molar-refractivity contribution in [1.29, 1.82) is 0 Å². The Kier molecular flexibility index (Phi) is 7.62. The van der Waals surface area contributed by atoms with Crippen molar-refractivity contribution in [2.24, 2.45) is 11.7 Å². The first-order chi connectivity index (χ1) is 7.11. The van der Waals surface area contributed by atoms with Gasteiger partial charge in [-0.3, -0.25) is 9.59 Å². The highest BCUT2D eigenvalue weighted by molar-refractivity contribution is 5.77. The van der Waals surface area contributed by atoms with Crippen LogP contribution in [-0.4, -0.2) is 30.1 Å². The van der Waals surface area contributed by atoms with Gasteiger partial charge in [-0.2, -0.15) is 0 Å². The molecule has 0 spiro atoms. The summed E-state index contributed by atoms with van der Waals surface area (Å²) in [6, 6.07) is 0. The molecule has 0 aliphatic heterocycles. The third kappa shape index (κ3) is 6.90. The van der Waals surface area contributed by atoms with E-state index in [1.165, 1.54) is 0 Å². The van der Waals surface area contributed by atoms with Crippen LogP contribution in [0.1, 0.15) is 32.6 Å². The predicted molar refractivity (Wildman–Crippen MR) is 57.3 cm³/mol. The van der Waals surface area contributed by atoms with Gasteiger partial charge in [0.1, 0.15) is 0 Å². The van der Waals surface area contributed by atoms with Crippen LogP contribution in [0.2, 0.25) is 0 Å². The molecule has 0 aliphatic carbocycles. The largest absolute Gasteiger partial charge is 0.481 e. The number of hydrogen-bond acceptors (Lipinski definition) is 3. The number of hydrogen-bond donors (Lipinski definition) is 3. The highest BCUT2D eigenvalue weighted by atomic mass is 16.4. The molecule has 0 aromatic heterocycles. The van der Waals surface area contributed by atoms with E-state index in [0.29, 0.717) is 25.8 Å². The molecule has 0 fully saturated rings. The van der Waals surface area contributed by atoms with E-state index in [1.807, 2.05) is 6.92 Å². The molecule has 88 valence electrons. The number of aliphatic carboxylic acids is 1. The molecule has 0 aromatic carbocycles. The second-order valence-corrected chi connectivity index (χ2v) is 3.52. The van der Waals surface area contributed by atoms with E-state index in [9.17, 15) is 9.59 Å². The summed E-state index contributed by atoms with van der Waals surface area (Å²) in [5.41, 5.74) is 5.25. The zero-order chi connectivity index (χ0) is 11.7. The Morgan fingerprint density at radius 2 is 2.13 bits per heavy atom. The van der Waals surface area contributed by atoms with Gasteiger partial charge in [0.15, 0.2) is 0 Å². The lowest BCUT2D eigenvalue weighted by molar-refractivity contribution is -0.141. The average Bonchev–Trinajstić information content (AvgIpc) is 2.20. The standard InChI is InChI=1S/C10H20N2O3/c1-2-4-8(10(14)15)7-12-9(13)5-3-6-11/h8H,2-7,11H2,1H3,(H,12,13)(H,14,15). The van der Waals surface area contributed by atoms with Crippen molar-refractivity contribution in [2.45, 2.75) is 32.6 Å². The highest BCUT2D eigenvalue weighted by Crippen LogP contribution is 2.05. The molecule has 0 aliphatic rings. The smallest absolute Gasteiger partial charge is 0.308 e. The van der Waals surface area contributed by atoms with Gasteiger partial charge in [-0.05, 0) is 19.4 Å². The molecule has 0 aromatic rings. The van der Waals surface area contributed by atoms with Gasteiger partial charge < -0.3 is 16.2 Å². The molecule has 0 saturated heterocycles. The van der Waals surface area contributed by atoms with Crippen LogP contribution < -0.4 is 11.1 Å². The molecule has 1 unspecified atom stereocenters. The van der Waals surface area contributed by atoms with Crippen LogP contribution in [0.4, 0.5) is 0 Å². The summed E-state index contributed by atoms with van der Waals surface area (Å²) in [7, 11) is 0. The SMILES string of the molecule is CCCC(CNC(=O)CCCN)C(=O)O. The van der Waals surface area contributed by atoms with Crippen LogP contribution in [-0.2, 0) is 9.59 Å². The number of nitrogens with two attached hydrogens (primary N) is 1. The van der Waals surface area contributed by atoms with Crippen LogP contribution in [0.25, 0.3) is 0 Å². The number of carbonyl (C=O) groups excluding carboxylic acids is 1. The van der Waals surface area contributed by atoms with E-state index in [4.69, 9.17) is 10.8 Å². The van der Waals surface area contributed by atoms with Gasteiger partial charge in [0.2, 0.25) is 5.91 Å². The van der Waals surface area contributed by atoms with E-state index in [0.717, 1.165) is 6.42 Å². The van der Waals surface area contributed by atoms with Crippen LogP contribution in [0, 0.1) is 5.92 Å². The van der Waals surface area contributed by atoms with E-state index in [2.05, 4.69) is 5.32 Å². The summed E-state index contributed by atoms with van der Waals surface area (Å²) in [6.07, 6.45) is 2.40. The van der Waals surface area contributed by atoms with Gasteiger partial charge in [-0.25, -0.2) is 0 Å². The molecule has 1 amide bonds. The number of amides is 1. The molecule has 0 heterocycles. The minimum Gasteiger partial charge on any atom is -0.481 e. The normalized spacial score (nSPS) is 12.1. The molecule has 1 atom stereocenters. The molecular weight excluding hydrogens is 196 g/mol. The quantitative estimate of drug-likeness (QED) is 0.545. The molecule has 0 bridgehead atoms. The Balaban J connectivity index is 3.78. The highest BCUT2D eigenvalue weighted by Gasteiger charge is 2.16. The van der Waals surface area contributed by atoms with E-state index >= 15 is 0 Å². The minimum absolute atomic E-state index is 0.122. The molecule has 5 heteroatoms. The minimum atomic E-state index is -0.851. The lowest BCUT2D eigenvalue weighted by Crippen LogP contribution is -2.33. The van der Waals surface area contributed by atoms with Crippen molar-refractivity contribution in [3.05, 3.63) is 0 Å². The van der Waals surface area contributed by atoms with Gasteiger partial charge >= 0.3 is 5.97 Å². The summed E-state index contributed by atoms with van der Waals surface area (Å²) in [5.74, 6) is -1.45. The van der Waals surface area contributed by atoms with Gasteiger partial charge in [0.25, 0.3) is 0 Å². The van der Waals surface area contributed by atoms with Gasteiger partial charge in [0.05, 0.1) is 5.92 Å².